The molecule has 0 saturated carbocycles. The number of rotatable bonds is 8. The number of aromatic amines is 1. The number of nitrogens with one attached hydrogen (secondary N) is 1. The molecule has 10 nitrogen and oxygen atoms in total. The van der Waals surface area contributed by atoms with Gasteiger partial charge in [0.15, 0.2) is 5.82 Å². The molecule has 0 unspecified atom stereocenters. The zero-order valence-corrected chi connectivity index (χ0v) is 19.8. The lowest BCUT2D eigenvalue weighted by atomic mass is 10.0. The number of fused-ring (bicyclic) bond motifs is 1. The van der Waals surface area contributed by atoms with Gasteiger partial charge in [0, 0.05) is 29.6 Å². The maximum Gasteiger partial charge on any atom is 0.253 e. The number of morpholine rings is 1. The van der Waals surface area contributed by atoms with Gasteiger partial charge < -0.3 is 19.2 Å². The van der Waals surface area contributed by atoms with Crippen molar-refractivity contribution in [3.8, 4) is 11.5 Å². The lowest BCUT2D eigenvalue weighted by molar-refractivity contribution is 0.0214. The average molecular weight is 477 g/mol. The van der Waals surface area contributed by atoms with Crippen molar-refractivity contribution in [2.75, 3.05) is 40.0 Å². The molecule has 5 rings (SSSR count). The van der Waals surface area contributed by atoms with Crippen LogP contribution in [0.1, 0.15) is 29.9 Å². The molecule has 1 atom stereocenters. The van der Waals surface area contributed by atoms with Gasteiger partial charge in [-0.25, -0.2) is 4.68 Å². The van der Waals surface area contributed by atoms with Gasteiger partial charge in [0.2, 0.25) is 0 Å². The summed E-state index contributed by atoms with van der Waals surface area (Å²) in [5.74, 6) is 2.14. The Bertz CT molecular complexity index is 1340. The van der Waals surface area contributed by atoms with Crippen LogP contribution in [0.4, 0.5) is 0 Å². The van der Waals surface area contributed by atoms with Crippen molar-refractivity contribution in [2.24, 2.45) is 0 Å². The summed E-state index contributed by atoms with van der Waals surface area (Å²) in [6, 6.07) is 14.9. The molecule has 4 aromatic rings. The van der Waals surface area contributed by atoms with Gasteiger partial charge in [0.25, 0.3) is 5.56 Å². The number of hydrogen-bond donors (Lipinski definition) is 1. The number of ether oxygens (including phenoxy) is 3. The number of hydrogen-bond acceptors (Lipinski definition) is 8. The van der Waals surface area contributed by atoms with Crippen LogP contribution >= 0.6 is 0 Å². The summed E-state index contributed by atoms with van der Waals surface area (Å²) in [4.78, 5) is 18.6. The Morgan fingerprint density at radius 2 is 1.86 bits per heavy atom. The molecule has 35 heavy (non-hydrogen) atoms. The van der Waals surface area contributed by atoms with E-state index in [0.717, 1.165) is 28.0 Å². The molecule has 0 bridgehead atoms. The Hall–Kier alpha value is -3.76. The molecular weight excluding hydrogens is 448 g/mol. The maximum absolute atomic E-state index is 13.3. The molecule has 10 heteroatoms. The third-order valence-electron chi connectivity index (χ3n) is 6.16. The van der Waals surface area contributed by atoms with Crippen molar-refractivity contribution < 1.29 is 14.2 Å². The number of tetrazole rings is 1. The first-order chi connectivity index (χ1) is 17.2. The molecule has 0 amide bonds. The number of benzene rings is 2. The summed E-state index contributed by atoms with van der Waals surface area (Å²) < 4.78 is 18.3. The molecule has 2 aromatic heterocycles. The van der Waals surface area contributed by atoms with Crippen LogP contribution in [0.2, 0.25) is 0 Å². The van der Waals surface area contributed by atoms with Crippen LogP contribution in [0.25, 0.3) is 10.9 Å². The molecule has 1 aliphatic heterocycles. The normalized spacial score (nSPS) is 15.3. The number of nitrogens with zero attached hydrogens (tertiary/aromatic N) is 5. The molecule has 1 N–H and O–H groups in total. The van der Waals surface area contributed by atoms with Crippen molar-refractivity contribution >= 4 is 10.9 Å². The van der Waals surface area contributed by atoms with Crippen molar-refractivity contribution in [3.63, 3.8) is 0 Å². The average Bonchev–Trinajstić information content (AvgIpc) is 3.33. The van der Waals surface area contributed by atoms with E-state index in [4.69, 9.17) is 14.2 Å². The molecule has 1 fully saturated rings. The number of pyridine rings is 1. The van der Waals surface area contributed by atoms with E-state index in [1.54, 1.807) is 11.8 Å². The highest BCUT2D eigenvalue weighted by Crippen LogP contribution is 2.29. The van der Waals surface area contributed by atoms with Gasteiger partial charge in [-0.3, -0.25) is 9.69 Å². The predicted molar refractivity (Wildman–Crippen MR) is 130 cm³/mol. The van der Waals surface area contributed by atoms with E-state index in [1.807, 2.05) is 55.5 Å². The first-order valence-corrected chi connectivity index (χ1v) is 11.7. The lowest BCUT2D eigenvalue weighted by Gasteiger charge is -2.33. The van der Waals surface area contributed by atoms with Crippen LogP contribution < -0.4 is 15.0 Å². The molecule has 3 heterocycles. The van der Waals surface area contributed by atoms with Gasteiger partial charge in [-0.15, -0.1) is 5.10 Å². The summed E-state index contributed by atoms with van der Waals surface area (Å²) in [6.45, 7) is 5.46. The second-order valence-electron chi connectivity index (χ2n) is 8.33. The fraction of sp³-hybridized carbons (Fsp3) is 0.360. The van der Waals surface area contributed by atoms with E-state index in [2.05, 4.69) is 25.4 Å². The Morgan fingerprint density at radius 1 is 1.09 bits per heavy atom. The molecule has 2 aromatic carbocycles. The smallest absolute Gasteiger partial charge is 0.253 e. The molecule has 0 radical (unpaired) electrons. The number of methoxy groups -OCH3 is 1. The zero-order valence-electron chi connectivity index (χ0n) is 19.8. The third-order valence-corrected chi connectivity index (χ3v) is 6.16. The highest BCUT2D eigenvalue weighted by atomic mass is 16.5. The molecular formula is C25H28N6O4. The second kappa shape index (κ2) is 10.2. The van der Waals surface area contributed by atoms with E-state index in [-0.39, 0.29) is 5.56 Å². The number of H-pyrrole nitrogens is 1. The Kier molecular flexibility index (Phi) is 6.73. The molecule has 182 valence electrons. The summed E-state index contributed by atoms with van der Waals surface area (Å²) in [6.07, 6.45) is 0. The SMILES string of the molecule is CCOc1ccc2[nH]c(=O)c([C@H](c3nnnn3Cc3ccc(OC)cc3)N3CCOCC3)cc2c1. The standard InChI is InChI=1S/C25H28N6O4/c1-3-35-20-8-9-22-18(14-20)15-21(25(32)26-22)23(30-10-12-34-13-11-30)24-27-28-29-31(24)16-17-4-6-19(33-2)7-5-17/h4-9,14-15,23H,3,10-13,16H2,1-2H3,(H,26,32)/t23-/m1/s1. The van der Waals surface area contributed by atoms with Crippen LogP contribution in [0.5, 0.6) is 11.5 Å². The van der Waals surface area contributed by atoms with E-state index in [9.17, 15) is 4.79 Å². The second-order valence-corrected chi connectivity index (χ2v) is 8.33. The van der Waals surface area contributed by atoms with Crippen LogP contribution in [-0.4, -0.2) is 70.1 Å². The van der Waals surface area contributed by atoms with Crippen molar-refractivity contribution in [3.05, 3.63) is 75.8 Å². The van der Waals surface area contributed by atoms with Crippen molar-refractivity contribution in [2.45, 2.75) is 19.5 Å². The van der Waals surface area contributed by atoms with E-state index < -0.39 is 6.04 Å². The highest BCUT2D eigenvalue weighted by molar-refractivity contribution is 5.80. The first-order valence-electron chi connectivity index (χ1n) is 11.7. The maximum atomic E-state index is 13.3. The Morgan fingerprint density at radius 3 is 2.60 bits per heavy atom. The van der Waals surface area contributed by atoms with Gasteiger partial charge in [-0.1, -0.05) is 12.1 Å². The Labute approximate surface area is 202 Å². The minimum atomic E-state index is -0.434. The van der Waals surface area contributed by atoms with Gasteiger partial charge in [-0.2, -0.15) is 0 Å². The quantitative estimate of drug-likeness (QED) is 0.413. The molecule has 0 aliphatic carbocycles. The van der Waals surface area contributed by atoms with E-state index in [1.165, 1.54) is 0 Å². The highest BCUT2D eigenvalue weighted by Gasteiger charge is 2.31. The minimum Gasteiger partial charge on any atom is -0.497 e. The van der Waals surface area contributed by atoms with Crippen LogP contribution in [0, 0.1) is 0 Å². The van der Waals surface area contributed by atoms with Gasteiger partial charge in [-0.05, 0) is 59.3 Å². The fourth-order valence-corrected chi connectivity index (χ4v) is 4.42. The van der Waals surface area contributed by atoms with Gasteiger partial charge >= 0.3 is 0 Å². The third kappa shape index (κ3) is 4.89. The van der Waals surface area contributed by atoms with Crippen LogP contribution in [0.3, 0.4) is 0 Å². The van der Waals surface area contributed by atoms with Crippen molar-refractivity contribution in [1.82, 2.24) is 30.1 Å². The lowest BCUT2D eigenvalue weighted by Crippen LogP contribution is -2.42. The van der Waals surface area contributed by atoms with Crippen LogP contribution in [0.15, 0.2) is 53.3 Å². The minimum absolute atomic E-state index is 0.169. The van der Waals surface area contributed by atoms with Crippen LogP contribution in [-0.2, 0) is 11.3 Å². The summed E-state index contributed by atoms with van der Waals surface area (Å²) in [5, 5.41) is 13.5. The number of aromatic nitrogens is 5. The summed E-state index contributed by atoms with van der Waals surface area (Å²) >= 11 is 0. The van der Waals surface area contributed by atoms with Gasteiger partial charge in [0.1, 0.15) is 17.5 Å². The topological polar surface area (TPSA) is 107 Å². The Balaban J connectivity index is 1.57. The predicted octanol–water partition coefficient (Wildman–Crippen LogP) is 2.39. The summed E-state index contributed by atoms with van der Waals surface area (Å²) in [5.41, 5.74) is 2.19. The van der Waals surface area contributed by atoms with E-state index >= 15 is 0 Å². The van der Waals surface area contributed by atoms with E-state index in [0.29, 0.717) is 50.8 Å². The molecule has 1 aliphatic rings. The van der Waals surface area contributed by atoms with Crippen molar-refractivity contribution in [1.29, 1.82) is 0 Å². The molecule has 0 spiro atoms. The molecule has 1 saturated heterocycles. The summed E-state index contributed by atoms with van der Waals surface area (Å²) in [7, 11) is 1.64. The zero-order chi connectivity index (χ0) is 24.2. The monoisotopic (exact) mass is 476 g/mol. The van der Waals surface area contributed by atoms with Gasteiger partial charge in [0.05, 0.1) is 33.5 Å². The first kappa shape index (κ1) is 23.0. The largest absolute Gasteiger partial charge is 0.497 e. The fourth-order valence-electron chi connectivity index (χ4n) is 4.42.